The van der Waals surface area contributed by atoms with E-state index in [2.05, 4.69) is 10.3 Å². The van der Waals surface area contributed by atoms with Gasteiger partial charge in [0.15, 0.2) is 5.58 Å². The highest BCUT2D eigenvalue weighted by Gasteiger charge is 2.32. The molecule has 140 valence electrons. The van der Waals surface area contributed by atoms with Crippen molar-refractivity contribution in [2.75, 3.05) is 17.7 Å². The fourth-order valence-corrected chi connectivity index (χ4v) is 4.46. The van der Waals surface area contributed by atoms with Crippen molar-refractivity contribution in [2.45, 2.75) is 30.9 Å². The highest BCUT2D eigenvalue weighted by Crippen LogP contribution is 2.46. The molecule has 0 aliphatic heterocycles. The second kappa shape index (κ2) is 7.74. The molecule has 1 amide bonds. The van der Waals surface area contributed by atoms with Gasteiger partial charge in [0, 0.05) is 0 Å². The lowest BCUT2D eigenvalue weighted by atomic mass is 10.1. The number of ether oxygens (including phenoxy) is 1. The molecule has 0 bridgehead atoms. The van der Waals surface area contributed by atoms with Gasteiger partial charge in [-0.25, -0.2) is 9.78 Å². The molecule has 3 aromatic rings. The van der Waals surface area contributed by atoms with Crippen LogP contribution in [0.3, 0.4) is 0 Å². The molecule has 0 radical (unpaired) electrons. The number of nitrogens with one attached hydrogen (secondary N) is 1. The van der Waals surface area contributed by atoms with Gasteiger partial charge in [0.25, 0.3) is 5.22 Å². The minimum atomic E-state index is -0.373. The van der Waals surface area contributed by atoms with Crippen LogP contribution in [0, 0.1) is 0 Å². The van der Waals surface area contributed by atoms with Gasteiger partial charge in [0.1, 0.15) is 10.5 Å². The molecule has 2 heterocycles. The minimum absolute atomic E-state index is 0.145. The van der Waals surface area contributed by atoms with E-state index in [0.717, 1.165) is 23.9 Å². The second-order valence-corrected chi connectivity index (χ2v) is 7.98. The number of carbonyl (C=O) groups is 2. The summed E-state index contributed by atoms with van der Waals surface area (Å²) in [7, 11) is 0. The van der Waals surface area contributed by atoms with Crippen molar-refractivity contribution >= 4 is 51.1 Å². The summed E-state index contributed by atoms with van der Waals surface area (Å²) in [6.45, 7) is 2.08. The van der Waals surface area contributed by atoms with Gasteiger partial charge in [-0.3, -0.25) is 4.79 Å². The van der Waals surface area contributed by atoms with Gasteiger partial charge in [-0.1, -0.05) is 23.9 Å². The summed E-state index contributed by atoms with van der Waals surface area (Å²) in [4.78, 5) is 29.1. The third-order valence-electron chi connectivity index (χ3n) is 4.17. The van der Waals surface area contributed by atoms with E-state index < -0.39 is 0 Å². The standard InChI is InChI=1S/C19H18N2O4S2/c1-2-24-18(23)16-12(11-7-8-11)9-26-17(16)21-15(22)10-27-19-20-13-5-3-4-6-14(13)25-19/h3-6,9,11H,2,7-8,10H2,1H3,(H,21,22). The van der Waals surface area contributed by atoms with Crippen molar-refractivity contribution in [1.29, 1.82) is 0 Å². The lowest BCUT2D eigenvalue weighted by Crippen LogP contribution is -2.16. The van der Waals surface area contributed by atoms with E-state index in [1.54, 1.807) is 6.92 Å². The lowest BCUT2D eigenvalue weighted by Gasteiger charge is -2.07. The Labute approximate surface area is 164 Å². The average molecular weight is 402 g/mol. The van der Waals surface area contributed by atoms with Crippen LogP contribution in [0.2, 0.25) is 0 Å². The molecule has 6 nitrogen and oxygen atoms in total. The maximum Gasteiger partial charge on any atom is 0.341 e. The quantitative estimate of drug-likeness (QED) is 0.457. The number of nitrogens with zero attached hydrogens (tertiary/aromatic N) is 1. The number of esters is 1. The van der Waals surface area contributed by atoms with E-state index in [-0.39, 0.29) is 17.6 Å². The van der Waals surface area contributed by atoms with E-state index >= 15 is 0 Å². The lowest BCUT2D eigenvalue weighted by molar-refractivity contribution is -0.113. The number of thioether (sulfide) groups is 1. The van der Waals surface area contributed by atoms with Crippen LogP contribution in [-0.4, -0.2) is 29.2 Å². The van der Waals surface area contributed by atoms with Crippen LogP contribution >= 0.6 is 23.1 Å². The Morgan fingerprint density at radius 2 is 2.19 bits per heavy atom. The Hall–Kier alpha value is -2.32. The Bertz CT molecular complexity index is 958. The van der Waals surface area contributed by atoms with Crippen molar-refractivity contribution in [3.05, 3.63) is 40.8 Å². The Kier molecular flexibility index (Phi) is 5.18. The number of aromatic nitrogens is 1. The van der Waals surface area contributed by atoms with Crippen LogP contribution in [0.5, 0.6) is 0 Å². The first-order valence-corrected chi connectivity index (χ1v) is 10.6. The van der Waals surface area contributed by atoms with Gasteiger partial charge in [-0.2, -0.15) is 0 Å². The van der Waals surface area contributed by atoms with Gasteiger partial charge in [-0.05, 0) is 48.8 Å². The third kappa shape index (κ3) is 4.01. The smallest absolute Gasteiger partial charge is 0.341 e. The Morgan fingerprint density at radius 3 is 2.93 bits per heavy atom. The van der Waals surface area contributed by atoms with E-state index in [4.69, 9.17) is 9.15 Å². The number of anilines is 1. The van der Waals surface area contributed by atoms with Crippen LogP contribution in [0.15, 0.2) is 39.3 Å². The van der Waals surface area contributed by atoms with Crippen molar-refractivity contribution < 1.29 is 18.7 Å². The monoisotopic (exact) mass is 402 g/mol. The number of thiophene rings is 1. The van der Waals surface area contributed by atoms with Crippen molar-refractivity contribution in [3.8, 4) is 0 Å². The zero-order chi connectivity index (χ0) is 18.8. The van der Waals surface area contributed by atoms with Crippen molar-refractivity contribution in [2.24, 2.45) is 0 Å². The van der Waals surface area contributed by atoms with Gasteiger partial charge in [0.05, 0.1) is 17.9 Å². The fraction of sp³-hybridized carbons (Fsp3) is 0.316. The molecule has 1 aromatic carbocycles. The number of fused-ring (bicyclic) bond motifs is 1. The molecule has 0 atom stereocenters. The fourth-order valence-electron chi connectivity index (χ4n) is 2.77. The molecule has 1 fully saturated rings. The van der Waals surface area contributed by atoms with Crippen LogP contribution < -0.4 is 5.32 Å². The number of para-hydroxylation sites is 2. The van der Waals surface area contributed by atoms with Gasteiger partial charge in [0.2, 0.25) is 5.91 Å². The summed E-state index contributed by atoms with van der Waals surface area (Å²) in [5.74, 6) is -0.0360. The van der Waals surface area contributed by atoms with E-state index in [9.17, 15) is 9.59 Å². The van der Waals surface area contributed by atoms with Crippen LogP contribution in [0.4, 0.5) is 5.00 Å². The van der Waals surface area contributed by atoms with Crippen molar-refractivity contribution in [1.82, 2.24) is 4.98 Å². The molecule has 4 rings (SSSR count). The zero-order valence-electron chi connectivity index (χ0n) is 14.7. The number of amides is 1. The molecule has 2 aromatic heterocycles. The topological polar surface area (TPSA) is 81.4 Å². The van der Waals surface area contributed by atoms with E-state index in [1.807, 2.05) is 29.6 Å². The largest absolute Gasteiger partial charge is 0.462 e. The first-order chi connectivity index (χ1) is 13.2. The molecule has 27 heavy (non-hydrogen) atoms. The zero-order valence-corrected chi connectivity index (χ0v) is 16.3. The molecule has 1 aliphatic rings. The normalized spacial score (nSPS) is 13.7. The summed E-state index contributed by atoms with van der Waals surface area (Å²) in [6.07, 6.45) is 2.15. The predicted octanol–water partition coefficient (Wildman–Crippen LogP) is 4.67. The predicted molar refractivity (Wildman–Crippen MR) is 106 cm³/mol. The van der Waals surface area contributed by atoms with E-state index in [0.29, 0.717) is 33.9 Å². The van der Waals surface area contributed by atoms with Crippen LogP contribution in [0.1, 0.15) is 41.6 Å². The maximum atomic E-state index is 12.4. The number of hydrogen-bond acceptors (Lipinski definition) is 7. The number of carbonyl (C=O) groups excluding carboxylic acids is 2. The van der Waals surface area contributed by atoms with Crippen LogP contribution in [0.25, 0.3) is 11.1 Å². The molecular weight excluding hydrogens is 384 g/mol. The van der Waals surface area contributed by atoms with Gasteiger partial charge in [-0.15, -0.1) is 11.3 Å². The molecular formula is C19H18N2O4S2. The number of hydrogen-bond donors (Lipinski definition) is 1. The van der Waals surface area contributed by atoms with E-state index in [1.165, 1.54) is 23.1 Å². The first kappa shape index (κ1) is 18.1. The highest BCUT2D eigenvalue weighted by molar-refractivity contribution is 7.99. The summed E-state index contributed by atoms with van der Waals surface area (Å²) >= 11 is 2.59. The SMILES string of the molecule is CCOC(=O)c1c(C2CC2)csc1NC(=O)CSc1nc2ccccc2o1. The highest BCUT2D eigenvalue weighted by atomic mass is 32.2. The second-order valence-electron chi connectivity index (χ2n) is 6.17. The van der Waals surface area contributed by atoms with Gasteiger partial charge < -0.3 is 14.5 Å². The third-order valence-corrected chi connectivity index (χ3v) is 5.91. The summed E-state index contributed by atoms with van der Waals surface area (Å²) in [5.41, 5.74) is 2.94. The molecule has 1 aliphatic carbocycles. The summed E-state index contributed by atoms with van der Waals surface area (Å²) < 4.78 is 10.8. The number of benzene rings is 1. The Morgan fingerprint density at radius 1 is 1.37 bits per heavy atom. The van der Waals surface area contributed by atoms with Crippen LogP contribution in [-0.2, 0) is 9.53 Å². The molecule has 1 saturated carbocycles. The average Bonchev–Trinajstić information content (AvgIpc) is 3.28. The molecule has 0 spiro atoms. The Balaban J connectivity index is 1.43. The summed E-state index contributed by atoms with van der Waals surface area (Å²) in [6, 6.07) is 7.46. The first-order valence-electron chi connectivity index (χ1n) is 8.72. The maximum absolute atomic E-state index is 12.4. The van der Waals surface area contributed by atoms with Gasteiger partial charge >= 0.3 is 5.97 Å². The number of rotatable bonds is 7. The molecule has 8 heteroatoms. The molecule has 1 N–H and O–H groups in total. The molecule has 0 saturated heterocycles. The molecule has 0 unspecified atom stereocenters. The minimum Gasteiger partial charge on any atom is -0.462 e. The van der Waals surface area contributed by atoms with Crippen molar-refractivity contribution in [3.63, 3.8) is 0 Å². The summed E-state index contributed by atoms with van der Waals surface area (Å²) in [5, 5.41) is 5.80. The number of oxazole rings is 1.